The summed E-state index contributed by atoms with van der Waals surface area (Å²) in [6.45, 7) is 0. The predicted molar refractivity (Wildman–Crippen MR) is 94.7 cm³/mol. The zero-order valence-electron chi connectivity index (χ0n) is 12.8. The second-order valence-corrected chi connectivity index (χ2v) is 7.05. The maximum absolute atomic E-state index is 10.2. The molecule has 0 radical (unpaired) electrons. The highest BCUT2D eigenvalue weighted by atomic mass is 32.1. The molecule has 23 heavy (non-hydrogen) atoms. The number of aliphatic hydroxyl groups excluding tert-OH is 1. The lowest BCUT2D eigenvalue weighted by Gasteiger charge is -2.28. The lowest BCUT2D eigenvalue weighted by atomic mass is 9.92. The summed E-state index contributed by atoms with van der Waals surface area (Å²) in [5.41, 5.74) is 1.19. The lowest BCUT2D eigenvalue weighted by Crippen LogP contribution is -2.36. The van der Waals surface area contributed by atoms with Gasteiger partial charge in [0.15, 0.2) is 0 Å². The van der Waals surface area contributed by atoms with Crippen LogP contribution in [0.25, 0.3) is 20.7 Å². The van der Waals surface area contributed by atoms with Crippen molar-refractivity contribution in [3.05, 3.63) is 42.7 Å². The third-order valence-corrected chi connectivity index (χ3v) is 5.53. The fourth-order valence-electron chi connectivity index (χ4n) is 3.17. The summed E-state index contributed by atoms with van der Waals surface area (Å²) in [6, 6.07) is 12.6. The van der Waals surface area contributed by atoms with Crippen LogP contribution in [0.1, 0.15) is 25.7 Å². The summed E-state index contributed by atoms with van der Waals surface area (Å²) in [5.74, 6) is 0.833. The van der Waals surface area contributed by atoms with Crippen molar-refractivity contribution < 1.29 is 5.11 Å². The molecular formula is C18H19N3OS. The fourth-order valence-corrected chi connectivity index (χ4v) is 4.17. The SMILES string of the molecule is O[C@H]1CCCC[C@@H]1Nc1ncnc2sc(-c3ccccc3)cc12. The molecule has 1 fully saturated rings. The van der Waals surface area contributed by atoms with Gasteiger partial charge in [-0.3, -0.25) is 0 Å². The Morgan fingerprint density at radius 3 is 2.74 bits per heavy atom. The van der Waals surface area contributed by atoms with Gasteiger partial charge in [0, 0.05) is 4.88 Å². The molecule has 0 bridgehead atoms. The summed E-state index contributed by atoms with van der Waals surface area (Å²) in [5, 5.41) is 14.7. The van der Waals surface area contributed by atoms with Crippen molar-refractivity contribution in [2.45, 2.75) is 37.8 Å². The summed E-state index contributed by atoms with van der Waals surface area (Å²) < 4.78 is 0. The maximum atomic E-state index is 10.2. The molecule has 0 spiro atoms. The number of thiophene rings is 1. The van der Waals surface area contributed by atoms with Crippen molar-refractivity contribution >= 4 is 27.4 Å². The topological polar surface area (TPSA) is 58.0 Å². The molecule has 5 heteroatoms. The molecule has 3 aromatic rings. The fraction of sp³-hybridized carbons (Fsp3) is 0.333. The number of hydrogen-bond acceptors (Lipinski definition) is 5. The van der Waals surface area contributed by atoms with E-state index in [-0.39, 0.29) is 12.1 Å². The average Bonchev–Trinajstić information content (AvgIpc) is 3.03. The first-order chi connectivity index (χ1) is 11.3. The minimum atomic E-state index is -0.291. The van der Waals surface area contributed by atoms with Crippen LogP contribution >= 0.6 is 11.3 Å². The minimum Gasteiger partial charge on any atom is -0.391 e. The first kappa shape index (κ1) is 14.6. The molecule has 0 saturated heterocycles. The van der Waals surface area contributed by atoms with E-state index in [1.54, 1.807) is 17.7 Å². The number of benzene rings is 1. The van der Waals surface area contributed by atoms with E-state index in [0.29, 0.717) is 0 Å². The lowest BCUT2D eigenvalue weighted by molar-refractivity contribution is 0.116. The Balaban J connectivity index is 1.69. The van der Waals surface area contributed by atoms with Crippen LogP contribution in [0.3, 0.4) is 0 Å². The van der Waals surface area contributed by atoms with E-state index in [1.165, 1.54) is 10.4 Å². The molecule has 2 aromatic heterocycles. The Hall–Kier alpha value is -1.98. The van der Waals surface area contributed by atoms with Gasteiger partial charge in [0.25, 0.3) is 0 Å². The number of aliphatic hydroxyl groups is 1. The van der Waals surface area contributed by atoms with E-state index in [4.69, 9.17) is 0 Å². The van der Waals surface area contributed by atoms with Crippen molar-refractivity contribution in [3.63, 3.8) is 0 Å². The highest BCUT2D eigenvalue weighted by Gasteiger charge is 2.24. The van der Waals surface area contributed by atoms with Crippen molar-refractivity contribution in [1.82, 2.24) is 9.97 Å². The third-order valence-electron chi connectivity index (χ3n) is 4.44. The number of fused-ring (bicyclic) bond motifs is 1. The maximum Gasteiger partial charge on any atom is 0.138 e. The summed E-state index contributed by atoms with van der Waals surface area (Å²) in [7, 11) is 0. The van der Waals surface area contributed by atoms with Gasteiger partial charge in [-0.1, -0.05) is 43.2 Å². The van der Waals surface area contributed by atoms with Gasteiger partial charge in [-0.25, -0.2) is 9.97 Å². The summed E-state index contributed by atoms with van der Waals surface area (Å²) >= 11 is 1.67. The van der Waals surface area contributed by atoms with Gasteiger partial charge in [-0.15, -0.1) is 11.3 Å². The van der Waals surface area contributed by atoms with Crippen LogP contribution in [0.15, 0.2) is 42.7 Å². The molecule has 118 valence electrons. The quantitative estimate of drug-likeness (QED) is 0.762. The number of rotatable bonds is 3. The largest absolute Gasteiger partial charge is 0.391 e. The van der Waals surface area contributed by atoms with E-state index in [9.17, 15) is 5.11 Å². The Labute approximate surface area is 139 Å². The van der Waals surface area contributed by atoms with Gasteiger partial charge >= 0.3 is 0 Å². The Morgan fingerprint density at radius 1 is 1.09 bits per heavy atom. The zero-order chi connectivity index (χ0) is 15.6. The predicted octanol–water partition coefficient (Wildman–Crippen LogP) is 4.07. The van der Waals surface area contributed by atoms with Crippen molar-refractivity contribution in [2.24, 2.45) is 0 Å². The third kappa shape index (κ3) is 2.94. The van der Waals surface area contributed by atoms with Crippen LogP contribution in [0, 0.1) is 0 Å². The van der Waals surface area contributed by atoms with Gasteiger partial charge in [0.2, 0.25) is 0 Å². The summed E-state index contributed by atoms with van der Waals surface area (Å²) in [4.78, 5) is 11.0. The van der Waals surface area contributed by atoms with Crippen molar-refractivity contribution in [2.75, 3.05) is 5.32 Å². The molecule has 0 aliphatic heterocycles. The number of nitrogens with zero attached hydrogens (tertiary/aromatic N) is 2. The van der Waals surface area contributed by atoms with Gasteiger partial charge in [-0.2, -0.15) is 0 Å². The number of anilines is 1. The van der Waals surface area contributed by atoms with Crippen LogP contribution in [-0.4, -0.2) is 27.2 Å². The molecule has 1 aliphatic carbocycles. The van der Waals surface area contributed by atoms with Gasteiger partial charge < -0.3 is 10.4 Å². The van der Waals surface area contributed by atoms with Gasteiger partial charge in [-0.05, 0) is 24.5 Å². The highest BCUT2D eigenvalue weighted by Crippen LogP contribution is 2.35. The molecule has 0 unspecified atom stereocenters. The molecule has 1 aromatic carbocycles. The second-order valence-electron chi connectivity index (χ2n) is 6.02. The molecule has 1 aliphatic rings. The zero-order valence-corrected chi connectivity index (χ0v) is 13.6. The monoisotopic (exact) mass is 325 g/mol. The van der Waals surface area contributed by atoms with E-state index in [0.717, 1.165) is 41.7 Å². The molecule has 4 rings (SSSR count). The van der Waals surface area contributed by atoms with Crippen molar-refractivity contribution in [1.29, 1.82) is 0 Å². The second kappa shape index (κ2) is 6.26. The molecular weight excluding hydrogens is 306 g/mol. The van der Waals surface area contributed by atoms with Crippen LogP contribution in [0.4, 0.5) is 5.82 Å². The van der Waals surface area contributed by atoms with Crippen LogP contribution in [-0.2, 0) is 0 Å². The Bertz CT molecular complexity index is 802. The van der Waals surface area contributed by atoms with Crippen molar-refractivity contribution in [3.8, 4) is 10.4 Å². The molecule has 2 heterocycles. The first-order valence-electron chi connectivity index (χ1n) is 8.06. The first-order valence-corrected chi connectivity index (χ1v) is 8.87. The Kier molecular flexibility index (Phi) is 3.97. The van der Waals surface area contributed by atoms with E-state index in [2.05, 4.69) is 33.5 Å². The normalized spacial score (nSPS) is 21.4. The minimum absolute atomic E-state index is 0.0851. The number of hydrogen-bond donors (Lipinski definition) is 2. The highest BCUT2D eigenvalue weighted by molar-refractivity contribution is 7.21. The van der Waals surface area contributed by atoms with Gasteiger partial charge in [0.05, 0.1) is 17.5 Å². The van der Waals surface area contributed by atoms with Crippen LogP contribution in [0.2, 0.25) is 0 Å². The molecule has 4 nitrogen and oxygen atoms in total. The summed E-state index contributed by atoms with van der Waals surface area (Å²) in [6.07, 6.45) is 5.43. The van der Waals surface area contributed by atoms with E-state index < -0.39 is 0 Å². The van der Waals surface area contributed by atoms with E-state index >= 15 is 0 Å². The molecule has 2 atom stereocenters. The average molecular weight is 325 g/mol. The standard InChI is InChI=1S/C18H19N3OS/c22-15-9-5-4-8-14(15)21-17-13-10-16(12-6-2-1-3-7-12)23-18(13)20-11-19-17/h1-3,6-7,10-11,14-15,22H,4-5,8-9H2,(H,19,20,21)/t14-,15-/m0/s1. The number of aromatic nitrogens is 2. The van der Waals surface area contributed by atoms with Crippen LogP contribution in [0.5, 0.6) is 0 Å². The number of nitrogens with one attached hydrogen (secondary N) is 1. The van der Waals surface area contributed by atoms with Crippen LogP contribution < -0.4 is 5.32 Å². The molecule has 2 N–H and O–H groups in total. The molecule has 1 saturated carbocycles. The van der Waals surface area contributed by atoms with Gasteiger partial charge in [0.1, 0.15) is 17.0 Å². The smallest absolute Gasteiger partial charge is 0.138 e. The Morgan fingerprint density at radius 2 is 1.91 bits per heavy atom. The molecule has 0 amide bonds. The van der Waals surface area contributed by atoms with E-state index in [1.807, 2.05) is 18.2 Å².